The van der Waals surface area contributed by atoms with Crippen LogP contribution in [0, 0.1) is 6.08 Å². The molecule has 1 aromatic carbocycles. The van der Waals surface area contributed by atoms with Crippen molar-refractivity contribution in [2.24, 2.45) is 0 Å². The Labute approximate surface area is 103 Å². The quantitative estimate of drug-likeness (QED) is 0.593. The minimum atomic E-state index is -1.58. The van der Waals surface area contributed by atoms with Crippen molar-refractivity contribution in [3.63, 3.8) is 0 Å². The Morgan fingerprint density at radius 2 is 2.12 bits per heavy atom. The number of allylic oxidation sites excluding steroid dienone is 2. The van der Waals surface area contributed by atoms with Gasteiger partial charge < -0.3 is 14.5 Å². The van der Waals surface area contributed by atoms with Gasteiger partial charge in [0.05, 0.1) is 11.5 Å². The first-order valence-electron chi connectivity index (χ1n) is 5.05. The summed E-state index contributed by atoms with van der Waals surface area (Å²) in [4.78, 5) is 0. The van der Waals surface area contributed by atoms with E-state index in [2.05, 4.69) is 6.08 Å². The molecule has 3 rings (SSSR count). The standard InChI is InChI=1S/C12H7BClO3/c14-7-5-9(13(15)16)12-8-3-1-2-4-10(8)17-11(12)6-7/h1,3-6,15-16H/q+1. The monoisotopic (exact) mass is 245 g/mol. The first kappa shape index (κ1) is 10.6. The number of benzene rings is 1. The van der Waals surface area contributed by atoms with Crippen LogP contribution >= 0.6 is 11.6 Å². The van der Waals surface area contributed by atoms with E-state index >= 15 is 0 Å². The van der Waals surface area contributed by atoms with Crippen molar-refractivity contribution in [1.82, 2.24) is 0 Å². The summed E-state index contributed by atoms with van der Waals surface area (Å²) in [5, 5.41) is 19.8. The summed E-state index contributed by atoms with van der Waals surface area (Å²) < 4.78 is 5.59. The molecule has 0 aliphatic heterocycles. The molecule has 0 radical (unpaired) electrons. The van der Waals surface area contributed by atoms with Crippen molar-refractivity contribution in [2.45, 2.75) is 0 Å². The zero-order chi connectivity index (χ0) is 12.0. The number of rotatable bonds is 1. The molecule has 82 valence electrons. The molecule has 3 nitrogen and oxygen atoms in total. The molecule has 2 aromatic rings. The van der Waals surface area contributed by atoms with Crippen molar-refractivity contribution in [2.75, 3.05) is 0 Å². The highest BCUT2D eigenvalue weighted by Crippen LogP contribution is 2.30. The fourth-order valence-electron chi connectivity index (χ4n) is 2.00. The predicted molar refractivity (Wildman–Crippen MR) is 67.8 cm³/mol. The van der Waals surface area contributed by atoms with Gasteiger partial charge in [0, 0.05) is 17.2 Å². The molecule has 0 saturated heterocycles. The number of furan rings is 1. The van der Waals surface area contributed by atoms with Gasteiger partial charge in [0.25, 0.3) is 0 Å². The number of hydrogen-bond donors (Lipinski definition) is 2. The second-order valence-electron chi connectivity index (χ2n) is 3.77. The summed E-state index contributed by atoms with van der Waals surface area (Å²) in [6, 6.07) is 3.18. The molecule has 1 heterocycles. The maximum atomic E-state index is 9.37. The molecular weight excluding hydrogens is 238 g/mol. The van der Waals surface area contributed by atoms with Crippen molar-refractivity contribution in [1.29, 1.82) is 0 Å². The van der Waals surface area contributed by atoms with E-state index in [9.17, 15) is 10.0 Å². The molecule has 1 aliphatic carbocycles. The van der Waals surface area contributed by atoms with Crippen molar-refractivity contribution >= 4 is 47.3 Å². The van der Waals surface area contributed by atoms with Gasteiger partial charge in [0.1, 0.15) is 17.7 Å². The Morgan fingerprint density at radius 3 is 2.88 bits per heavy atom. The molecule has 0 atom stereocenters. The van der Waals surface area contributed by atoms with Crippen LogP contribution in [-0.2, 0) is 0 Å². The summed E-state index contributed by atoms with van der Waals surface area (Å²) in [5.41, 5.74) is 1.70. The van der Waals surface area contributed by atoms with E-state index in [0.717, 1.165) is 5.56 Å². The van der Waals surface area contributed by atoms with E-state index in [1.165, 1.54) is 6.07 Å². The lowest BCUT2D eigenvalue weighted by molar-refractivity contribution is 0.426. The van der Waals surface area contributed by atoms with Gasteiger partial charge in [0.2, 0.25) is 5.76 Å². The topological polar surface area (TPSA) is 53.6 Å². The first-order valence-corrected chi connectivity index (χ1v) is 5.42. The van der Waals surface area contributed by atoms with Crippen molar-refractivity contribution in [3.8, 4) is 0 Å². The minimum absolute atomic E-state index is 0.345. The van der Waals surface area contributed by atoms with Crippen LogP contribution in [0.2, 0.25) is 5.02 Å². The van der Waals surface area contributed by atoms with Crippen LogP contribution in [0.5, 0.6) is 0 Å². The summed E-state index contributed by atoms with van der Waals surface area (Å²) in [6.45, 7) is 0. The van der Waals surface area contributed by atoms with Crippen molar-refractivity contribution < 1.29 is 14.5 Å². The Balaban J connectivity index is 2.44. The summed E-state index contributed by atoms with van der Waals surface area (Å²) in [5.74, 6) is 0.645. The Morgan fingerprint density at radius 1 is 1.29 bits per heavy atom. The summed E-state index contributed by atoms with van der Waals surface area (Å²) in [6.07, 6.45) is 8.18. The molecule has 0 fully saturated rings. The summed E-state index contributed by atoms with van der Waals surface area (Å²) in [7, 11) is -1.58. The van der Waals surface area contributed by atoms with E-state index in [1.54, 1.807) is 18.2 Å². The van der Waals surface area contributed by atoms with Crippen LogP contribution in [0.1, 0.15) is 11.3 Å². The van der Waals surface area contributed by atoms with Gasteiger partial charge in [-0.1, -0.05) is 11.6 Å². The highest BCUT2D eigenvalue weighted by atomic mass is 35.5. The molecule has 0 spiro atoms. The SMILES string of the molecule is OB(O)c1cc(Cl)cc2oc3c(c12)C=C[C+]=C3. The molecule has 0 unspecified atom stereocenters. The van der Waals surface area contributed by atoms with E-state index < -0.39 is 7.12 Å². The van der Waals surface area contributed by atoms with Crippen LogP contribution in [0.4, 0.5) is 0 Å². The van der Waals surface area contributed by atoms with Crippen molar-refractivity contribution in [3.05, 3.63) is 40.6 Å². The second-order valence-corrected chi connectivity index (χ2v) is 4.20. The van der Waals surface area contributed by atoms with Crippen LogP contribution < -0.4 is 5.46 Å². The Hall–Kier alpha value is -1.58. The third-order valence-corrected chi connectivity index (χ3v) is 2.91. The zero-order valence-corrected chi connectivity index (χ0v) is 9.40. The normalized spacial score (nSPS) is 12.6. The lowest BCUT2D eigenvalue weighted by Crippen LogP contribution is -2.30. The molecule has 0 bridgehead atoms. The van der Waals surface area contributed by atoms with Crippen LogP contribution in [-0.4, -0.2) is 17.2 Å². The number of halogens is 1. The average molecular weight is 245 g/mol. The smallest absolute Gasteiger partial charge is 0.423 e. The number of fused-ring (bicyclic) bond motifs is 3. The first-order chi connectivity index (χ1) is 8.16. The fraction of sp³-hybridized carbons (Fsp3) is 0. The molecule has 1 aromatic heterocycles. The van der Waals surface area contributed by atoms with E-state index in [0.29, 0.717) is 27.2 Å². The van der Waals surface area contributed by atoms with Gasteiger partial charge in [-0.3, -0.25) is 0 Å². The largest absolute Gasteiger partial charge is 0.489 e. The number of hydrogen-bond acceptors (Lipinski definition) is 3. The van der Waals surface area contributed by atoms with E-state index in [4.69, 9.17) is 16.0 Å². The molecule has 2 N–H and O–H groups in total. The lowest BCUT2D eigenvalue weighted by atomic mass is 9.77. The van der Waals surface area contributed by atoms with Gasteiger partial charge in [-0.2, -0.15) is 0 Å². The average Bonchev–Trinajstić information content (AvgIpc) is 2.65. The predicted octanol–water partition coefficient (Wildman–Crippen LogP) is 1.61. The molecule has 0 saturated carbocycles. The third kappa shape index (κ3) is 1.59. The van der Waals surface area contributed by atoms with Crippen LogP contribution in [0.25, 0.3) is 23.1 Å². The lowest BCUT2D eigenvalue weighted by Gasteiger charge is -2.01. The summed E-state index contributed by atoms with van der Waals surface area (Å²) >= 11 is 5.91. The molecule has 1 aliphatic rings. The highest BCUT2D eigenvalue weighted by molar-refractivity contribution is 6.62. The third-order valence-electron chi connectivity index (χ3n) is 2.69. The van der Waals surface area contributed by atoms with Gasteiger partial charge in [-0.05, 0) is 11.5 Å². The second kappa shape index (κ2) is 3.72. The van der Waals surface area contributed by atoms with Gasteiger partial charge in [-0.15, -0.1) is 0 Å². The molecular formula is C12H7BClO3+. The molecule has 0 amide bonds. The van der Waals surface area contributed by atoms with Gasteiger partial charge in [0.15, 0.2) is 5.58 Å². The Bertz CT molecular complexity index is 655. The van der Waals surface area contributed by atoms with Gasteiger partial charge >= 0.3 is 7.12 Å². The van der Waals surface area contributed by atoms with Crippen LogP contribution in [0.15, 0.2) is 22.6 Å². The minimum Gasteiger partial charge on any atom is -0.423 e. The molecule has 5 heteroatoms. The molecule has 17 heavy (non-hydrogen) atoms. The fourth-order valence-corrected chi connectivity index (χ4v) is 2.22. The van der Waals surface area contributed by atoms with E-state index in [1.807, 2.05) is 6.08 Å². The highest BCUT2D eigenvalue weighted by Gasteiger charge is 2.26. The van der Waals surface area contributed by atoms with Crippen LogP contribution in [0.3, 0.4) is 0 Å². The maximum Gasteiger partial charge on any atom is 0.489 e. The van der Waals surface area contributed by atoms with E-state index in [-0.39, 0.29) is 0 Å². The zero-order valence-electron chi connectivity index (χ0n) is 8.64. The Kier molecular flexibility index (Phi) is 2.32. The van der Waals surface area contributed by atoms with Gasteiger partial charge in [-0.25, -0.2) is 0 Å². The maximum absolute atomic E-state index is 9.37.